The SMILES string of the molecule is CCNC(CCC(F)(F)F)C1CC1C. The van der Waals surface area contributed by atoms with E-state index < -0.39 is 12.6 Å². The van der Waals surface area contributed by atoms with Gasteiger partial charge in [-0.1, -0.05) is 13.8 Å². The summed E-state index contributed by atoms with van der Waals surface area (Å²) >= 11 is 0. The average molecular weight is 209 g/mol. The van der Waals surface area contributed by atoms with E-state index in [1.165, 1.54) is 0 Å². The summed E-state index contributed by atoms with van der Waals surface area (Å²) in [5.74, 6) is 1.07. The lowest BCUT2D eigenvalue weighted by Gasteiger charge is -2.18. The van der Waals surface area contributed by atoms with E-state index in [0.717, 1.165) is 13.0 Å². The van der Waals surface area contributed by atoms with Gasteiger partial charge in [0, 0.05) is 12.5 Å². The van der Waals surface area contributed by atoms with Crippen molar-refractivity contribution in [2.75, 3.05) is 6.54 Å². The van der Waals surface area contributed by atoms with E-state index >= 15 is 0 Å². The average Bonchev–Trinajstić information content (AvgIpc) is 2.74. The zero-order valence-corrected chi connectivity index (χ0v) is 8.69. The normalized spacial score (nSPS) is 28.9. The van der Waals surface area contributed by atoms with Gasteiger partial charge in [0.1, 0.15) is 0 Å². The lowest BCUT2D eigenvalue weighted by atomic mass is 10.1. The van der Waals surface area contributed by atoms with Gasteiger partial charge < -0.3 is 5.32 Å². The van der Waals surface area contributed by atoms with E-state index in [9.17, 15) is 13.2 Å². The van der Waals surface area contributed by atoms with Crippen LogP contribution in [0.4, 0.5) is 13.2 Å². The van der Waals surface area contributed by atoms with Crippen molar-refractivity contribution in [2.45, 2.75) is 45.3 Å². The number of alkyl halides is 3. The molecule has 1 aliphatic carbocycles. The smallest absolute Gasteiger partial charge is 0.314 e. The van der Waals surface area contributed by atoms with Gasteiger partial charge in [-0.15, -0.1) is 0 Å². The number of halogens is 3. The van der Waals surface area contributed by atoms with E-state index in [1.54, 1.807) is 0 Å². The molecule has 14 heavy (non-hydrogen) atoms. The highest BCUT2D eigenvalue weighted by Crippen LogP contribution is 2.42. The number of nitrogens with one attached hydrogen (secondary N) is 1. The second-order valence-electron chi connectivity index (χ2n) is 4.19. The van der Waals surface area contributed by atoms with Crippen LogP contribution in [0.1, 0.15) is 33.1 Å². The van der Waals surface area contributed by atoms with Gasteiger partial charge in [0.15, 0.2) is 0 Å². The topological polar surface area (TPSA) is 12.0 Å². The summed E-state index contributed by atoms with van der Waals surface area (Å²) in [5, 5.41) is 3.15. The minimum Gasteiger partial charge on any atom is -0.314 e. The summed E-state index contributed by atoms with van der Waals surface area (Å²) in [6.45, 7) is 4.79. The van der Waals surface area contributed by atoms with Crippen LogP contribution in [0.3, 0.4) is 0 Å². The standard InChI is InChI=1S/C10H18F3N/c1-3-14-9(8-6-7(8)2)4-5-10(11,12)13/h7-9,14H,3-6H2,1-2H3. The summed E-state index contributed by atoms with van der Waals surface area (Å²) in [7, 11) is 0. The monoisotopic (exact) mass is 209 g/mol. The van der Waals surface area contributed by atoms with Gasteiger partial charge in [-0.2, -0.15) is 13.2 Å². The summed E-state index contributed by atoms with van der Waals surface area (Å²) in [5.41, 5.74) is 0. The summed E-state index contributed by atoms with van der Waals surface area (Å²) in [4.78, 5) is 0. The molecule has 1 aliphatic rings. The Kier molecular flexibility index (Phi) is 3.81. The van der Waals surface area contributed by atoms with Crippen molar-refractivity contribution in [2.24, 2.45) is 11.8 Å². The Balaban J connectivity index is 2.29. The molecule has 0 aromatic rings. The fourth-order valence-electron chi connectivity index (χ4n) is 1.96. The Morgan fingerprint density at radius 3 is 2.36 bits per heavy atom. The lowest BCUT2D eigenvalue weighted by Crippen LogP contribution is -2.32. The van der Waals surface area contributed by atoms with E-state index in [0.29, 0.717) is 11.8 Å². The predicted octanol–water partition coefficient (Wildman–Crippen LogP) is 2.96. The first kappa shape index (κ1) is 11.8. The van der Waals surface area contributed by atoms with Crippen molar-refractivity contribution >= 4 is 0 Å². The number of hydrogen-bond donors (Lipinski definition) is 1. The Hall–Kier alpha value is -0.250. The first-order valence-electron chi connectivity index (χ1n) is 5.24. The van der Waals surface area contributed by atoms with E-state index in [4.69, 9.17) is 0 Å². The number of hydrogen-bond acceptors (Lipinski definition) is 1. The maximum absolute atomic E-state index is 12.0. The molecular formula is C10H18F3N. The van der Waals surface area contributed by atoms with Gasteiger partial charge in [-0.25, -0.2) is 0 Å². The van der Waals surface area contributed by atoms with Crippen LogP contribution in [0.5, 0.6) is 0 Å². The molecule has 0 aromatic heterocycles. The molecule has 0 amide bonds. The highest BCUT2D eigenvalue weighted by molar-refractivity contribution is 4.92. The highest BCUT2D eigenvalue weighted by atomic mass is 19.4. The maximum Gasteiger partial charge on any atom is 0.389 e. The quantitative estimate of drug-likeness (QED) is 0.734. The van der Waals surface area contributed by atoms with Crippen LogP contribution in [-0.4, -0.2) is 18.8 Å². The van der Waals surface area contributed by atoms with Crippen LogP contribution in [-0.2, 0) is 0 Å². The molecule has 0 bridgehead atoms. The largest absolute Gasteiger partial charge is 0.389 e. The summed E-state index contributed by atoms with van der Waals surface area (Å²) < 4.78 is 36.0. The molecule has 1 N–H and O–H groups in total. The molecule has 4 heteroatoms. The molecule has 1 fully saturated rings. The molecule has 84 valence electrons. The van der Waals surface area contributed by atoms with Crippen LogP contribution in [0.2, 0.25) is 0 Å². The minimum atomic E-state index is -4.01. The zero-order valence-electron chi connectivity index (χ0n) is 8.69. The van der Waals surface area contributed by atoms with Crippen molar-refractivity contribution in [3.8, 4) is 0 Å². The van der Waals surface area contributed by atoms with Crippen molar-refractivity contribution < 1.29 is 13.2 Å². The third-order valence-electron chi connectivity index (χ3n) is 2.89. The molecule has 1 saturated carbocycles. The molecule has 0 saturated heterocycles. The fourth-order valence-corrected chi connectivity index (χ4v) is 1.96. The van der Waals surface area contributed by atoms with Crippen LogP contribution in [0, 0.1) is 11.8 Å². The Morgan fingerprint density at radius 1 is 1.43 bits per heavy atom. The van der Waals surface area contributed by atoms with Crippen LogP contribution in [0.15, 0.2) is 0 Å². The van der Waals surface area contributed by atoms with E-state index in [-0.39, 0.29) is 12.5 Å². The molecule has 0 heterocycles. The van der Waals surface area contributed by atoms with Crippen molar-refractivity contribution in [1.29, 1.82) is 0 Å². The van der Waals surface area contributed by atoms with Gasteiger partial charge in [0.2, 0.25) is 0 Å². The summed E-state index contributed by atoms with van der Waals surface area (Å²) in [6.07, 6.45) is -3.36. The minimum absolute atomic E-state index is 0.0663. The Labute approximate surface area is 83.1 Å². The first-order chi connectivity index (χ1) is 6.44. The van der Waals surface area contributed by atoms with Crippen molar-refractivity contribution in [3.05, 3.63) is 0 Å². The van der Waals surface area contributed by atoms with Gasteiger partial charge in [0.25, 0.3) is 0 Å². The summed E-state index contributed by atoms with van der Waals surface area (Å²) in [6, 6.07) is 0.0663. The molecule has 3 atom stereocenters. The molecule has 0 aromatic carbocycles. The number of rotatable bonds is 5. The maximum atomic E-state index is 12.0. The van der Waals surface area contributed by atoms with Crippen LogP contribution >= 0.6 is 0 Å². The highest BCUT2D eigenvalue weighted by Gasteiger charge is 2.40. The van der Waals surface area contributed by atoms with Crippen molar-refractivity contribution in [3.63, 3.8) is 0 Å². The molecule has 1 nitrogen and oxygen atoms in total. The van der Waals surface area contributed by atoms with E-state index in [1.807, 2.05) is 6.92 Å². The molecule has 0 spiro atoms. The van der Waals surface area contributed by atoms with Gasteiger partial charge in [0.05, 0.1) is 0 Å². The first-order valence-corrected chi connectivity index (χ1v) is 5.24. The Bertz CT molecular complexity index is 179. The van der Waals surface area contributed by atoms with Crippen LogP contribution < -0.4 is 5.32 Å². The third kappa shape index (κ3) is 3.86. The van der Waals surface area contributed by atoms with Crippen LogP contribution in [0.25, 0.3) is 0 Å². The predicted molar refractivity (Wildman–Crippen MR) is 50.0 cm³/mol. The second-order valence-corrected chi connectivity index (χ2v) is 4.19. The molecule has 0 aliphatic heterocycles. The lowest BCUT2D eigenvalue weighted by molar-refractivity contribution is -0.136. The molecular weight excluding hydrogens is 191 g/mol. The third-order valence-corrected chi connectivity index (χ3v) is 2.89. The zero-order chi connectivity index (χ0) is 10.8. The molecule has 3 unspecified atom stereocenters. The molecule has 1 rings (SSSR count). The van der Waals surface area contributed by atoms with Gasteiger partial charge >= 0.3 is 6.18 Å². The van der Waals surface area contributed by atoms with Gasteiger partial charge in [-0.05, 0) is 31.2 Å². The van der Waals surface area contributed by atoms with Gasteiger partial charge in [-0.3, -0.25) is 0 Å². The Morgan fingerprint density at radius 2 is 2.00 bits per heavy atom. The van der Waals surface area contributed by atoms with E-state index in [2.05, 4.69) is 12.2 Å². The fraction of sp³-hybridized carbons (Fsp3) is 1.00. The molecule has 0 radical (unpaired) electrons. The second kappa shape index (κ2) is 4.51. The van der Waals surface area contributed by atoms with Crippen molar-refractivity contribution in [1.82, 2.24) is 5.32 Å².